The lowest BCUT2D eigenvalue weighted by molar-refractivity contribution is 0.188. The molecule has 3 heterocycles. The summed E-state index contributed by atoms with van der Waals surface area (Å²) < 4.78 is 10.0. The lowest BCUT2D eigenvalue weighted by Crippen LogP contribution is -2.33. The second-order valence-electron chi connectivity index (χ2n) is 6.93. The summed E-state index contributed by atoms with van der Waals surface area (Å²) in [5.74, 6) is 0.932. The van der Waals surface area contributed by atoms with E-state index in [1.165, 1.54) is 5.56 Å². The summed E-state index contributed by atoms with van der Waals surface area (Å²) in [7, 11) is 0. The third kappa shape index (κ3) is 4.20. The van der Waals surface area contributed by atoms with Gasteiger partial charge in [0.2, 0.25) is 0 Å². The van der Waals surface area contributed by atoms with E-state index in [-0.39, 0.29) is 0 Å². The Labute approximate surface area is 158 Å². The van der Waals surface area contributed by atoms with Crippen molar-refractivity contribution in [1.29, 1.82) is 0 Å². The first-order valence-corrected chi connectivity index (χ1v) is 9.32. The summed E-state index contributed by atoms with van der Waals surface area (Å²) in [6.45, 7) is 6.56. The monoisotopic (exact) mass is 367 g/mol. The zero-order chi connectivity index (χ0) is 18.6. The fourth-order valence-corrected chi connectivity index (χ4v) is 3.38. The molecule has 0 aliphatic carbocycles. The maximum atomic E-state index is 9.75. The zero-order valence-electron chi connectivity index (χ0n) is 15.5. The molecule has 4 rings (SSSR count). The standard InChI is InChI=1S/C20H25N5O2/c1-16(26)19-12-18-14-24(8-9-25(18)22-19)13-17-4-2-3-5-20(17)27-11-10-23-7-6-21-15-23/h2-7,12,15-16,26H,8-11,13-14H2,1H3/t16-/m1/s1. The van der Waals surface area contributed by atoms with Crippen molar-refractivity contribution >= 4 is 0 Å². The van der Waals surface area contributed by atoms with E-state index in [1.807, 2.05) is 33.6 Å². The maximum absolute atomic E-state index is 9.75. The first kappa shape index (κ1) is 17.8. The molecule has 27 heavy (non-hydrogen) atoms. The number of nitrogens with zero attached hydrogens (tertiary/aromatic N) is 5. The zero-order valence-corrected chi connectivity index (χ0v) is 15.5. The normalized spacial score (nSPS) is 15.5. The van der Waals surface area contributed by atoms with Crippen molar-refractivity contribution in [3.05, 3.63) is 66.0 Å². The molecule has 2 aromatic heterocycles. The number of hydrogen-bond acceptors (Lipinski definition) is 5. The Balaban J connectivity index is 1.39. The van der Waals surface area contributed by atoms with Crippen LogP contribution in [0.1, 0.15) is 30.0 Å². The smallest absolute Gasteiger partial charge is 0.123 e. The molecule has 3 aromatic rings. The van der Waals surface area contributed by atoms with Gasteiger partial charge in [0.05, 0.1) is 36.9 Å². The predicted octanol–water partition coefficient (Wildman–Crippen LogP) is 2.23. The highest BCUT2D eigenvalue weighted by molar-refractivity contribution is 5.33. The number of fused-ring (bicyclic) bond motifs is 1. The summed E-state index contributed by atoms with van der Waals surface area (Å²) >= 11 is 0. The molecule has 142 valence electrons. The number of rotatable bonds is 7. The molecule has 1 N–H and O–H groups in total. The molecule has 0 unspecified atom stereocenters. The van der Waals surface area contributed by atoms with Crippen LogP contribution >= 0.6 is 0 Å². The van der Waals surface area contributed by atoms with Gasteiger partial charge in [0, 0.05) is 37.6 Å². The van der Waals surface area contributed by atoms with Gasteiger partial charge in [0.25, 0.3) is 0 Å². The van der Waals surface area contributed by atoms with Crippen molar-refractivity contribution in [2.75, 3.05) is 13.2 Å². The summed E-state index contributed by atoms with van der Waals surface area (Å²) in [6, 6.07) is 10.2. The van der Waals surface area contributed by atoms with Crippen molar-refractivity contribution in [2.24, 2.45) is 0 Å². The molecule has 1 aliphatic rings. The summed E-state index contributed by atoms with van der Waals surface area (Å²) in [4.78, 5) is 6.44. The van der Waals surface area contributed by atoms with Crippen molar-refractivity contribution in [2.45, 2.75) is 39.2 Å². The minimum absolute atomic E-state index is 0.527. The SMILES string of the molecule is C[C@@H](O)c1cc2n(n1)CCN(Cc1ccccc1OCCn1ccnc1)C2. The largest absolute Gasteiger partial charge is 0.491 e. The minimum atomic E-state index is -0.527. The van der Waals surface area contributed by atoms with E-state index in [4.69, 9.17) is 4.74 Å². The molecule has 0 saturated heterocycles. The van der Waals surface area contributed by atoms with Crippen molar-refractivity contribution in [1.82, 2.24) is 24.2 Å². The van der Waals surface area contributed by atoms with Crippen LogP contribution in [0.3, 0.4) is 0 Å². The van der Waals surface area contributed by atoms with E-state index >= 15 is 0 Å². The number of imidazole rings is 1. The van der Waals surface area contributed by atoms with Gasteiger partial charge in [0.1, 0.15) is 12.4 Å². The maximum Gasteiger partial charge on any atom is 0.123 e. The second kappa shape index (κ2) is 7.94. The summed E-state index contributed by atoms with van der Waals surface area (Å²) in [5, 5.41) is 14.2. The third-order valence-corrected chi connectivity index (χ3v) is 4.86. The lowest BCUT2D eigenvalue weighted by Gasteiger charge is -2.28. The minimum Gasteiger partial charge on any atom is -0.491 e. The van der Waals surface area contributed by atoms with E-state index in [0.717, 1.165) is 49.9 Å². The van der Waals surface area contributed by atoms with E-state index in [1.54, 1.807) is 19.4 Å². The highest BCUT2D eigenvalue weighted by Crippen LogP contribution is 2.23. The van der Waals surface area contributed by atoms with Gasteiger partial charge in [-0.1, -0.05) is 18.2 Å². The van der Waals surface area contributed by atoms with Gasteiger partial charge in [0.15, 0.2) is 0 Å². The molecule has 1 aliphatic heterocycles. The van der Waals surface area contributed by atoms with Gasteiger partial charge in [-0.2, -0.15) is 5.10 Å². The molecule has 0 saturated carbocycles. The Hall–Kier alpha value is -2.64. The van der Waals surface area contributed by atoms with E-state index in [2.05, 4.69) is 27.1 Å². The Morgan fingerprint density at radius 1 is 1.26 bits per heavy atom. The Bertz CT molecular complexity index is 872. The Morgan fingerprint density at radius 2 is 2.15 bits per heavy atom. The molecule has 0 spiro atoms. The molecule has 1 aromatic carbocycles. The Kier molecular flexibility index (Phi) is 5.22. The van der Waals surface area contributed by atoms with E-state index in [0.29, 0.717) is 6.61 Å². The molecular formula is C20H25N5O2. The second-order valence-corrected chi connectivity index (χ2v) is 6.93. The molecule has 0 fully saturated rings. The van der Waals surface area contributed by atoms with Crippen LogP contribution in [0.25, 0.3) is 0 Å². The van der Waals surface area contributed by atoms with Crippen LogP contribution in [0.15, 0.2) is 49.1 Å². The van der Waals surface area contributed by atoms with E-state index in [9.17, 15) is 5.11 Å². The number of ether oxygens (including phenoxy) is 1. The summed E-state index contributed by atoms with van der Waals surface area (Å²) in [6.07, 6.45) is 4.99. The number of para-hydroxylation sites is 1. The van der Waals surface area contributed by atoms with Gasteiger partial charge in [-0.05, 0) is 19.1 Å². The number of aliphatic hydroxyl groups excluding tert-OH is 1. The van der Waals surface area contributed by atoms with Gasteiger partial charge >= 0.3 is 0 Å². The first-order chi connectivity index (χ1) is 13.2. The lowest BCUT2D eigenvalue weighted by atomic mass is 10.1. The van der Waals surface area contributed by atoms with Crippen LogP contribution in [0.4, 0.5) is 0 Å². The first-order valence-electron chi connectivity index (χ1n) is 9.32. The predicted molar refractivity (Wildman–Crippen MR) is 101 cm³/mol. The van der Waals surface area contributed by atoms with Gasteiger partial charge in [-0.3, -0.25) is 9.58 Å². The van der Waals surface area contributed by atoms with Gasteiger partial charge in [-0.15, -0.1) is 0 Å². The number of aliphatic hydroxyl groups is 1. The molecule has 1 atom stereocenters. The average Bonchev–Trinajstić information content (AvgIpc) is 3.32. The van der Waals surface area contributed by atoms with Crippen LogP contribution < -0.4 is 4.74 Å². The highest BCUT2D eigenvalue weighted by atomic mass is 16.5. The number of aromatic nitrogens is 4. The van der Waals surface area contributed by atoms with Crippen LogP contribution in [0, 0.1) is 0 Å². The molecule has 7 nitrogen and oxygen atoms in total. The molecule has 0 radical (unpaired) electrons. The molecule has 7 heteroatoms. The number of hydrogen-bond donors (Lipinski definition) is 1. The quantitative estimate of drug-likeness (QED) is 0.694. The van der Waals surface area contributed by atoms with Crippen LogP contribution in [0.2, 0.25) is 0 Å². The summed E-state index contributed by atoms with van der Waals surface area (Å²) in [5.41, 5.74) is 3.08. The fourth-order valence-electron chi connectivity index (χ4n) is 3.38. The third-order valence-electron chi connectivity index (χ3n) is 4.86. The number of benzene rings is 1. The van der Waals surface area contributed by atoms with Crippen molar-refractivity contribution < 1.29 is 9.84 Å². The highest BCUT2D eigenvalue weighted by Gasteiger charge is 2.20. The van der Waals surface area contributed by atoms with Crippen molar-refractivity contribution in [3.63, 3.8) is 0 Å². The topological polar surface area (TPSA) is 68.3 Å². The van der Waals surface area contributed by atoms with Crippen LogP contribution in [-0.4, -0.2) is 42.5 Å². The van der Waals surface area contributed by atoms with Gasteiger partial charge in [-0.25, -0.2) is 4.98 Å². The van der Waals surface area contributed by atoms with Crippen molar-refractivity contribution in [3.8, 4) is 5.75 Å². The molecule has 0 bridgehead atoms. The van der Waals surface area contributed by atoms with E-state index < -0.39 is 6.10 Å². The van der Waals surface area contributed by atoms with Crippen LogP contribution in [-0.2, 0) is 26.2 Å². The molecular weight excluding hydrogens is 342 g/mol. The fraction of sp³-hybridized carbons (Fsp3) is 0.400. The molecule has 0 amide bonds. The Morgan fingerprint density at radius 3 is 2.96 bits per heavy atom. The average molecular weight is 367 g/mol. The van der Waals surface area contributed by atoms with Gasteiger partial charge < -0.3 is 14.4 Å². The van der Waals surface area contributed by atoms with Crippen LogP contribution in [0.5, 0.6) is 5.75 Å².